The van der Waals surface area contributed by atoms with Crippen molar-refractivity contribution in [2.45, 2.75) is 26.0 Å². The lowest BCUT2D eigenvalue weighted by molar-refractivity contribution is -0.165. The van der Waals surface area contributed by atoms with Crippen molar-refractivity contribution in [3.05, 3.63) is 29.3 Å². The van der Waals surface area contributed by atoms with E-state index in [0.717, 1.165) is 11.1 Å². The molecule has 0 radical (unpaired) electrons. The van der Waals surface area contributed by atoms with Gasteiger partial charge in [-0.3, -0.25) is 4.90 Å². The SMILES string of the molecule is Cc1ccc(O)c(CN2CC(C)(OCC(=O)O)C2)c1. The highest BCUT2D eigenvalue weighted by molar-refractivity contribution is 5.68. The predicted octanol–water partition coefficient (Wildman–Crippen LogP) is 1.38. The topological polar surface area (TPSA) is 70.0 Å². The summed E-state index contributed by atoms with van der Waals surface area (Å²) in [4.78, 5) is 12.6. The molecule has 0 aliphatic carbocycles. The van der Waals surface area contributed by atoms with Crippen LogP contribution in [0.1, 0.15) is 18.1 Å². The molecule has 1 saturated heterocycles. The predicted molar refractivity (Wildman–Crippen MR) is 70.1 cm³/mol. The van der Waals surface area contributed by atoms with Crippen molar-refractivity contribution in [1.82, 2.24) is 4.90 Å². The van der Waals surface area contributed by atoms with E-state index in [9.17, 15) is 9.90 Å². The Labute approximate surface area is 112 Å². The third-order valence-corrected chi connectivity index (χ3v) is 3.29. The quantitative estimate of drug-likeness (QED) is 0.841. The molecule has 0 bridgehead atoms. The van der Waals surface area contributed by atoms with E-state index in [4.69, 9.17) is 9.84 Å². The lowest BCUT2D eigenvalue weighted by atomic mass is 9.95. The first-order chi connectivity index (χ1) is 8.88. The average molecular weight is 265 g/mol. The van der Waals surface area contributed by atoms with Crippen LogP contribution in [0.4, 0.5) is 0 Å². The Hall–Kier alpha value is -1.59. The number of carboxylic acid groups (broad SMARTS) is 1. The van der Waals surface area contributed by atoms with Crippen LogP contribution in [-0.4, -0.2) is 46.4 Å². The number of rotatable bonds is 5. The molecule has 0 unspecified atom stereocenters. The van der Waals surface area contributed by atoms with Crippen LogP contribution in [0.3, 0.4) is 0 Å². The summed E-state index contributed by atoms with van der Waals surface area (Å²) in [6.07, 6.45) is 0. The van der Waals surface area contributed by atoms with Crippen molar-refractivity contribution in [1.29, 1.82) is 0 Å². The van der Waals surface area contributed by atoms with E-state index in [-0.39, 0.29) is 6.61 Å². The van der Waals surface area contributed by atoms with Gasteiger partial charge in [0.1, 0.15) is 12.4 Å². The Morgan fingerprint density at radius 1 is 1.47 bits per heavy atom. The molecule has 19 heavy (non-hydrogen) atoms. The fourth-order valence-corrected chi connectivity index (χ4v) is 2.42. The second kappa shape index (κ2) is 5.19. The molecule has 0 aromatic heterocycles. The van der Waals surface area contributed by atoms with Gasteiger partial charge in [-0.1, -0.05) is 17.7 Å². The number of aliphatic carboxylic acids is 1. The van der Waals surface area contributed by atoms with Crippen LogP contribution in [0.25, 0.3) is 0 Å². The van der Waals surface area contributed by atoms with Crippen LogP contribution >= 0.6 is 0 Å². The number of hydrogen-bond acceptors (Lipinski definition) is 4. The number of aromatic hydroxyl groups is 1. The summed E-state index contributed by atoms with van der Waals surface area (Å²) >= 11 is 0. The summed E-state index contributed by atoms with van der Waals surface area (Å²) in [6.45, 7) is 5.63. The number of benzene rings is 1. The van der Waals surface area contributed by atoms with Crippen LogP contribution in [0.5, 0.6) is 5.75 Å². The number of aryl methyl sites for hydroxylation is 1. The van der Waals surface area contributed by atoms with Gasteiger partial charge in [0.2, 0.25) is 0 Å². The van der Waals surface area contributed by atoms with Crippen molar-refractivity contribution in [2.24, 2.45) is 0 Å². The molecule has 1 aromatic rings. The van der Waals surface area contributed by atoms with Gasteiger partial charge in [0.15, 0.2) is 0 Å². The Bertz CT molecular complexity index is 480. The van der Waals surface area contributed by atoms with Gasteiger partial charge in [0.25, 0.3) is 0 Å². The van der Waals surface area contributed by atoms with Crippen LogP contribution in [0.2, 0.25) is 0 Å². The molecule has 1 heterocycles. The van der Waals surface area contributed by atoms with Gasteiger partial charge in [0.05, 0.1) is 5.60 Å². The van der Waals surface area contributed by atoms with E-state index in [1.807, 2.05) is 26.0 Å². The van der Waals surface area contributed by atoms with Crippen molar-refractivity contribution in [2.75, 3.05) is 19.7 Å². The van der Waals surface area contributed by atoms with Crippen LogP contribution in [-0.2, 0) is 16.1 Å². The van der Waals surface area contributed by atoms with E-state index in [0.29, 0.717) is 25.4 Å². The molecule has 104 valence electrons. The van der Waals surface area contributed by atoms with Gasteiger partial charge < -0.3 is 14.9 Å². The molecular weight excluding hydrogens is 246 g/mol. The van der Waals surface area contributed by atoms with Gasteiger partial charge in [0, 0.05) is 25.2 Å². The second-order valence-electron chi connectivity index (χ2n) is 5.41. The summed E-state index contributed by atoms with van der Waals surface area (Å²) in [5.74, 6) is -0.651. The summed E-state index contributed by atoms with van der Waals surface area (Å²) in [6, 6.07) is 5.53. The smallest absolute Gasteiger partial charge is 0.329 e. The minimum atomic E-state index is -0.948. The summed E-state index contributed by atoms with van der Waals surface area (Å²) in [5, 5.41) is 18.4. The largest absolute Gasteiger partial charge is 0.508 e. The number of carboxylic acids is 1. The van der Waals surface area contributed by atoms with E-state index < -0.39 is 11.6 Å². The molecule has 5 heteroatoms. The summed E-state index contributed by atoms with van der Waals surface area (Å²) < 4.78 is 5.35. The fourth-order valence-electron chi connectivity index (χ4n) is 2.42. The summed E-state index contributed by atoms with van der Waals surface area (Å²) in [7, 11) is 0. The van der Waals surface area contributed by atoms with E-state index in [2.05, 4.69) is 4.90 Å². The van der Waals surface area contributed by atoms with Crippen molar-refractivity contribution >= 4 is 5.97 Å². The van der Waals surface area contributed by atoms with E-state index >= 15 is 0 Å². The number of carbonyl (C=O) groups is 1. The van der Waals surface area contributed by atoms with Crippen LogP contribution in [0.15, 0.2) is 18.2 Å². The van der Waals surface area contributed by atoms with Crippen molar-refractivity contribution in [3.8, 4) is 5.75 Å². The number of likely N-dealkylation sites (tertiary alicyclic amines) is 1. The third kappa shape index (κ3) is 3.45. The molecule has 0 saturated carbocycles. The highest BCUT2D eigenvalue weighted by Gasteiger charge is 2.40. The minimum Gasteiger partial charge on any atom is -0.508 e. The Balaban J connectivity index is 1.87. The zero-order valence-electron chi connectivity index (χ0n) is 11.2. The number of hydrogen-bond donors (Lipinski definition) is 2. The summed E-state index contributed by atoms with van der Waals surface area (Å²) in [5.41, 5.74) is 1.61. The van der Waals surface area contributed by atoms with E-state index in [1.165, 1.54) is 0 Å². The maximum absolute atomic E-state index is 10.5. The van der Waals surface area contributed by atoms with Crippen LogP contribution in [0, 0.1) is 6.92 Å². The maximum atomic E-state index is 10.5. The molecule has 5 nitrogen and oxygen atoms in total. The molecule has 1 aliphatic rings. The molecule has 0 amide bonds. The fraction of sp³-hybridized carbons (Fsp3) is 0.500. The van der Waals surface area contributed by atoms with E-state index in [1.54, 1.807) is 6.07 Å². The zero-order valence-corrected chi connectivity index (χ0v) is 11.2. The Morgan fingerprint density at radius 2 is 2.16 bits per heavy atom. The molecule has 0 atom stereocenters. The van der Waals surface area contributed by atoms with Crippen molar-refractivity contribution in [3.63, 3.8) is 0 Å². The highest BCUT2D eigenvalue weighted by atomic mass is 16.5. The van der Waals surface area contributed by atoms with Gasteiger partial charge in [-0.2, -0.15) is 0 Å². The second-order valence-corrected chi connectivity index (χ2v) is 5.41. The molecule has 0 spiro atoms. The van der Waals surface area contributed by atoms with Crippen LogP contribution < -0.4 is 0 Å². The monoisotopic (exact) mass is 265 g/mol. The first kappa shape index (κ1) is 13.8. The Morgan fingerprint density at radius 3 is 2.79 bits per heavy atom. The molecule has 2 N–H and O–H groups in total. The normalized spacial score (nSPS) is 18.0. The zero-order chi connectivity index (χ0) is 14.0. The van der Waals surface area contributed by atoms with Gasteiger partial charge in [-0.25, -0.2) is 4.79 Å². The number of phenols is 1. The first-order valence-corrected chi connectivity index (χ1v) is 6.25. The Kier molecular flexibility index (Phi) is 3.78. The molecular formula is C14H19NO4. The number of nitrogens with zero attached hydrogens (tertiary/aromatic N) is 1. The lowest BCUT2D eigenvalue weighted by Crippen LogP contribution is -2.61. The standard InChI is InChI=1S/C14H19NO4/c1-10-3-4-12(16)11(5-10)6-15-8-14(2,9-15)19-7-13(17)18/h3-5,16H,6-9H2,1-2H3,(H,17,18). The van der Waals surface area contributed by atoms with Gasteiger partial charge in [-0.15, -0.1) is 0 Å². The van der Waals surface area contributed by atoms with Gasteiger partial charge in [-0.05, 0) is 19.9 Å². The average Bonchev–Trinajstić information content (AvgIpc) is 2.29. The number of phenolic OH excluding ortho intramolecular Hbond substituents is 1. The lowest BCUT2D eigenvalue weighted by Gasteiger charge is -2.47. The molecule has 2 rings (SSSR count). The third-order valence-electron chi connectivity index (χ3n) is 3.29. The first-order valence-electron chi connectivity index (χ1n) is 6.25. The van der Waals surface area contributed by atoms with Gasteiger partial charge >= 0.3 is 5.97 Å². The highest BCUT2D eigenvalue weighted by Crippen LogP contribution is 2.28. The number of ether oxygens (including phenoxy) is 1. The minimum absolute atomic E-state index is 0.264. The molecule has 1 aliphatic heterocycles. The molecule has 1 fully saturated rings. The maximum Gasteiger partial charge on any atom is 0.329 e. The molecule has 1 aromatic carbocycles. The van der Waals surface area contributed by atoms with Crippen molar-refractivity contribution < 1.29 is 19.7 Å².